The molecule has 0 radical (unpaired) electrons. The Labute approximate surface area is 146 Å². The maximum atomic E-state index is 12.1. The third-order valence-corrected chi connectivity index (χ3v) is 6.77. The number of benzene rings is 1. The van der Waals surface area contributed by atoms with Crippen LogP contribution in [0.15, 0.2) is 38.3 Å². The summed E-state index contributed by atoms with van der Waals surface area (Å²) in [7, 11) is -3.64. The molecule has 6 nitrogen and oxygen atoms in total. The maximum Gasteiger partial charge on any atom is 0.250 e. The van der Waals surface area contributed by atoms with Gasteiger partial charge in [0.1, 0.15) is 17.4 Å². The summed E-state index contributed by atoms with van der Waals surface area (Å²) in [6.45, 7) is 0.814. The number of aliphatic hydroxyl groups is 1. The lowest BCUT2D eigenvalue weighted by Gasteiger charge is -2.20. The van der Waals surface area contributed by atoms with Crippen molar-refractivity contribution in [1.82, 2.24) is 4.72 Å². The molecular weight excluding hydrogens is 406 g/mol. The van der Waals surface area contributed by atoms with E-state index in [1.165, 1.54) is 6.07 Å². The van der Waals surface area contributed by atoms with Crippen molar-refractivity contribution < 1.29 is 23.0 Å². The number of nitrogens with one attached hydrogen (secondary N) is 1. The monoisotopic (exact) mass is 419 g/mol. The SMILES string of the molecule is O=S(=O)(NC[C@H](O)c1ccc2c(c1)OCCO2)c1ccc(Br)s1. The van der Waals surface area contributed by atoms with Crippen molar-refractivity contribution in [1.29, 1.82) is 0 Å². The predicted octanol–water partition coefficient (Wildman–Crippen LogP) is 2.29. The standard InChI is InChI=1S/C14H14BrNO5S2/c15-13-3-4-14(22-13)23(18,19)16-8-10(17)9-1-2-11-12(7-9)21-6-5-20-11/h1-4,7,10,16-17H,5-6,8H2/t10-/m0/s1. The van der Waals surface area contributed by atoms with Crippen molar-refractivity contribution in [2.45, 2.75) is 10.3 Å². The zero-order valence-corrected chi connectivity index (χ0v) is 15.1. The molecule has 9 heteroatoms. The molecule has 0 unspecified atom stereocenters. The highest BCUT2D eigenvalue weighted by Gasteiger charge is 2.20. The second-order valence-corrected chi connectivity index (χ2v) is 9.29. The van der Waals surface area contributed by atoms with Gasteiger partial charge in [0, 0.05) is 6.54 Å². The Morgan fingerprint density at radius 2 is 1.96 bits per heavy atom. The highest BCUT2D eigenvalue weighted by atomic mass is 79.9. The molecule has 0 fully saturated rings. The molecule has 0 saturated carbocycles. The number of halogens is 1. The van der Waals surface area contributed by atoms with Crippen molar-refractivity contribution in [2.24, 2.45) is 0 Å². The lowest BCUT2D eigenvalue weighted by Crippen LogP contribution is -2.28. The fraction of sp³-hybridized carbons (Fsp3) is 0.286. The van der Waals surface area contributed by atoms with Gasteiger partial charge in [-0.15, -0.1) is 11.3 Å². The lowest BCUT2D eigenvalue weighted by molar-refractivity contribution is 0.165. The molecule has 1 atom stereocenters. The van der Waals surface area contributed by atoms with E-state index in [0.29, 0.717) is 30.3 Å². The number of rotatable bonds is 5. The smallest absolute Gasteiger partial charge is 0.250 e. The highest BCUT2D eigenvalue weighted by molar-refractivity contribution is 9.11. The summed E-state index contributed by atoms with van der Waals surface area (Å²) in [4.78, 5) is 0. The van der Waals surface area contributed by atoms with Gasteiger partial charge in [-0.05, 0) is 45.8 Å². The zero-order chi connectivity index (χ0) is 16.4. The van der Waals surface area contributed by atoms with Crippen LogP contribution in [0.25, 0.3) is 0 Å². The Bertz CT molecular complexity index is 805. The van der Waals surface area contributed by atoms with Crippen LogP contribution in [0.1, 0.15) is 11.7 Å². The van der Waals surface area contributed by atoms with Gasteiger partial charge in [0.15, 0.2) is 11.5 Å². The minimum Gasteiger partial charge on any atom is -0.486 e. The maximum absolute atomic E-state index is 12.1. The van der Waals surface area contributed by atoms with Crippen LogP contribution < -0.4 is 14.2 Å². The molecule has 1 aromatic carbocycles. The molecule has 2 heterocycles. The van der Waals surface area contributed by atoms with Crippen LogP contribution in [0.4, 0.5) is 0 Å². The van der Waals surface area contributed by atoms with E-state index in [4.69, 9.17) is 9.47 Å². The average molecular weight is 420 g/mol. The van der Waals surface area contributed by atoms with Crippen LogP contribution in [0.2, 0.25) is 0 Å². The van der Waals surface area contributed by atoms with E-state index in [1.54, 1.807) is 24.3 Å². The number of fused-ring (bicyclic) bond motifs is 1. The molecule has 0 aliphatic carbocycles. The summed E-state index contributed by atoms with van der Waals surface area (Å²) >= 11 is 4.34. The molecule has 2 N–H and O–H groups in total. The zero-order valence-electron chi connectivity index (χ0n) is 11.9. The highest BCUT2D eigenvalue weighted by Crippen LogP contribution is 2.32. The quantitative estimate of drug-likeness (QED) is 0.776. The van der Waals surface area contributed by atoms with Crippen LogP contribution in [0.3, 0.4) is 0 Å². The lowest BCUT2D eigenvalue weighted by atomic mass is 10.1. The Kier molecular flexibility index (Phi) is 4.93. The fourth-order valence-electron chi connectivity index (χ4n) is 2.09. The molecule has 0 saturated heterocycles. The Hall–Kier alpha value is -1.13. The van der Waals surface area contributed by atoms with Crippen molar-refractivity contribution in [3.05, 3.63) is 39.7 Å². The normalized spacial score (nSPS) is 15.4. The summed E-state index contributed by atoms with van der Waals surface area (Å²) in [5.41, 5.74) is 0.560. The molecule has 0 spiro atoms. The first kappa shape index (κ1) is 16.7. The van der Waals surface area contributed by atoms with Gasteiger partial charge in [-0.25, -0.2) is 13.1 Å². The Morgan fingerprint density at radius 1 is 1.22 bits per heavy atom. The van der Waals surface area contributed by atoms with Gasteiger partial charge in [0.05, 0.1) is 9.89 Å². The van der Waals surface area contributed by atoms with Crippen LogP contribution in [-0.4, -0.2) is 33.3 Å². The first-order valence-corrected chi connectivity index (χ1v) is 9.87. The Morgan fingerprint density at radius 3 is 2.65 bits per heavy atom. The largest absolute Gasteiger partial charge is 0.486 e. The van der Waals surface area contributed by atoms with Gasteiger partial charge >= 0.3 is 0 Å². The molecule has 1 aliphatic rings. The van der Waals surface area contributed by atoms with E-state index in [0.717, 1.165) is 15.1 Å². The number of hydrogen-bond donors (Lipinski definition) is 2. The topological polar surface area (TPSA) is 84.9 Å². The summed E-state index contributed by atoms with van der Waals surface area (Å²) in [6.07, 6.45) is -0.982. The molecule has 1 aromatic heterocycles. The Balaban J connectivity index is 1.68. The van der Waals surface area contributed by atoms with Crippen molar-refractivity contribution in [3.8, 4) is 11.5 Å². The van der Waals surface area contributed by atoms with Gasteiger partial charge in [-0.1, -0.05) is 6.07 Å². The second-order valence-electron chi connectivity index (χ2n) is 4.83. The number of hydrogen-bond acceptors (Lipinski definition) is 6. The van der Waals surface area contributed by atoms with E-state index in [1.807, 2.05) is 0 Å². The molecular formula is C14H14BrNO5S2. The molecule has 1 aliphatic heterocycles. The molecule has 23 heavy (non-hydrogen) atoms. The van der Waals surface area contributed by atoms with Crippen molar-refractivity contribution >= 4 is 37.3 Å². The van der Waals surface area contributed by atoms with Gasteiger partial charge in [0.2, 0.25) is 10.0 Å². The second kappa shape index (κ2) is 6.78. The summed E-state index contributed by atoms with van der Waals surface area (Å²) in [5.74, 6) is 1.18. The van der Waals surface area contributed by atoms with Gasteiger partial charge in [-0.3, -0.25) is 0 Å². The van der Waals surface area contributed by atoms with Crippen LogP contribution >= 0.6 is 27.3 Å². The van der Waals surface area contributed by atoms with E-state index < -0.39 is 16.1 Å². The van der Waals surface area contributed by atoms with Crippen LogP contribution in [0.5, 0.6) is 11.5 Å². The number of sulfonamides is 1. The summed E-state index contributed by atoms with van der Waals surface area (Å²) in [5, 5.41) is 10.2. The summed E-state index contributed by atoms with van der Waals surface area (Å²) < 4.78 is 38.5. The molecule has 3 rings (SSSR count). The van der Waals surface area contributed by atoms with E-state index in [2.05, 4.69) is 20.7 Å². The third-order valence-electron chi connectivity index (χ3n) is 3.23. The van der Waals surface area contributed by atoms with Gasteiger partial charge < -0.3 is 14.6 Å². The summed E-state index contributed by atoms with van der Waals surface area (Å²) in [6, 6.07) is 8.23. The van der Waals surface area contributed by atoms with Crippen LogP contribution in [0, 0.1) is 0 Å². The van der Waals surface area contributed by atoms with Gasteiger partial charge in [0.25, 0.3) is 0 Å². The van der Waals surface area contributed by atoms with E-state index >= 15 is 0 Å². The first-order valence-electron chi connectivity index (χ1n) is 6.78. The number of aliphatic hydroxyl groups excluding tert-OH is 1. The molecule has 2 aromatic rings. The molecule has 0 amide bonds. The van der Waals surface area contributed by atoms with Crippen molar-refractivity contribution in [2.75, 3.05) is 19.8 Å². The fourth-order valence-corrected chi connectivity index (χ4v) is 5.18. The molecule has 0 bridgehead atoms. The average Bonchev–Trinajstić information content (AvgIpc) is 2.99. The van der Waals surface area contributed by atoms with E-state index in [9.17, 15) is 13.5 Å². The third kappa shape index (κ3) is 3.86. The van der Waals surface area contributed by atoms with Crippen LogP contribution in [-0.2, 0) is 10.0 Å². The van der Waals surface area contributed by atoms with E-state index in [-0.39, 0.29) is 10.8 Å². The van der Waals surface area contributed by atoms with Gasteiger partial charge in [-0.2, -0.15) is 0 Å². The number of ether oxygens (including phenoxy) is 2. The minimum atomic E-state index is -3.64. The molecule has 124 valence electrons. The minimum absolute atomic E-state index is 0.127. The predicted molar refractivity (Wildman–Crippen MR) is 89.6 cm³/mol. The first-order chi connectivity index (χ1) is 11.0. The number of thiophene rings is 1. The van der Waals surface area contributed by atoms with Crippen molar-refractivity contribution in [3.63, 3.8) is 0 Å².